The van der Waals surface area contributed by atoms with E-state index in [9.17, 15) is 9.59 Å². The van der Waals surface area contributed by atoms with E-state index in [1.165, 1.54) is 0 Å². The first kappa shape index (κ1) is 11.9. The van der Waals surface area contributed by atoms with Crippen molar-refractivity contribution in [2.75, 3.05) is 13.2 Å². The van der Waals surface area contributed by atoms with Crippen LogP contribution in [-0.4, -0.2) is 47.3 Å². The van der Waals surface area contributed by atoms with Gasteiger partial charge in [-0.25, -0.2) is 4.79 Å². The molecule has 1 heterocycles. The van der Waals surface area contributed by atoms with E-state index in [4.69, 9.17) is 10.2 Å². The van der Waals surface area contributed by atoms with Crippen LogP contribution in [0, 0.1) is 0 Å². The van der Waals surface area contributed by atoms with Crippen molar-refractivity contribution in [1.82, 2.24) is 10.6 Å². The number of aliphatic hydroxyl groups excluding tert-OH is 1. The monoisotopic (exact) mass is 216 g/mol. The van der Waals surface area contributed by atoms with Crippen LogP contribution in [0.5, 0.6) is 0 Å². The number of hydrogen-bond acceptors (Lipinski definition) is 4. The van der Waals surface area contributed by atoms with Gasteiger partial charge >= 0.3 is 5.97 Å². The molecule has 6 nitrogen and oxygen atoms in total. The van der Waals surface area contributed by atoms with Crippen molar-refractivity contribution in [2.45, 2.75) is 31.3 Å². The van der Waals surface area contributed by atoms with Gasteiger partial charge in [-0.1, -0.05) is 6.42 Å². The van der Waals surface area contributed by atoms with E-state index >= 15 is 0 Å². The number of carboxylic acids is 1. The summed E-state index contributed by atoms with van der Waals surface area (Å²) in [4.78, 5) is 22.1. The molecule has 0 spiro atoms. The summed E-state index contributed by atoms with van der Waals surface area (Å²) in [7, 11) is 0. The SMILES string of the molecule is O=C(O)C(CO)NC(=O)[C@H]1CCCCN1. The molecule has 1 fully saturated rings. The van der Waals surface area contributed by atoms with Gasteiger partial charge in [0.1, 0.15) is 6.04 Å². The minimum Gasteiger partial charge on any atom is -0.480 e. The highest BCUT2D eigenvalue weighted by atomic mass is 16.4. The van der Waals surface area contributed by atoms with Crippen molar-refractivity contribution in [3.05, 3.63) is 0 Å². The van der Waals surface area contributed by atoms with Crippen molar-refractivity contribution in [3.63, 3.8) is 0 Å². The maximum Gasteiger partial charge on any atom is 0.328 e. The number of hydrogen-bond donors (Lipinski definition) is 4. The van der Waals surface area contributed by atoms with E-state index < -0.39 is 18.6 Å². The molecule has 0 aromatic rings. The average molecular weight is 216 g/mol. The molecule has 1 unspecified atom stereocenters. The molecule has 0 aromatic heterocycles. The number of aliphatic carboxylic acids is 1. The zero-order chi connectivity index (χ0) is 11.3. The summed E-state index contributed by atoms with van der Waals surface area (Å²) in [5, 5.41) is 22.6. The highest BCUT2D eigenvalue weighted by molar-refractivity contribution is 5.87. The number of amides is 1. The Morgan fingerprint density at radius 2 is 2.20 bits per heavy atom. The Balaban J connectivity index is 2.42. The molecular formula is C9H16N2O4. The lowest BCUT2D eigenvalue weighted by Crippen LogP contribution is -2.52. The van der Waals surface area contributed by atoms with Crippen molar-refractivity contribution < 1.29 is 19.8 Å². The molecule has 2 atom stereocenters. The summed E-state index contributed by atoms with van der Waals surface area (Å²) < 4.78 is 0. The number of carbonyl (C=O) groups is 2. The smallest absolute Gasteiger partial charge is 0.328 e. The molecule has 0 saturated carbocycles. The molecule has 0 radical (unpaired) electrons. The second kappa shape index (κ2) is 5.67. The fourth-order valence-electron chi connectivity index (χ4n) is 1.53. The number of piperidine rings is 1. The normalized spacial score (nSPS) is 23.1. The molecule has 0 aliphatic carbocycles. The van der Waals surface area contributed by atoms with E-state index in [0.29, 0.717) is 6.42 Å². The summed E-state index contributed by atoms with van der Waals surface area (Å²) in [6, 6.07) is -1.53. The van der Waals surface area contributed by atoms with Crippen molar-refractivity contribution >= 4 is 11.9 Å². The molecule has 15 heavy (non-hydrogen) atoms. The van der Waals surface area contributed by atoms with Gasteiger partial charge in [-0.15, -0.1) is 0 Å². The molecule has 1 rings (SSSR count). The quantitative estimate of drug-likeness (QED) is 0.467. The highest BCUT2D eigenvalue weighted by Crippen LogP contribution is 2.06. The fourth-order valence-corrected chi connectivity index (χ4v) is 1.53. The third-order valence-corrected chi connectivity index (χ3v) is 2.42. The van der Waals surface area contributed by atoms with Crippen LogP contribution in [0.25, 0.3) is 0 Å². The second-order valence-electron chi connectivity index (χ2n) is 3.58. The van der Waals surface area contributed by atoms with E-state index in [-0.39, 0.29) is 11.9 Å². The lowest BCUT2D eigenvalue weighted by Gasteiger charge is -2.23. The fraction of sp³-hybridized carbons (Fsp3) is 0.778. The van der Waals surface area contributed by atoms with Gasteiger partial charge in [0.25, 0.3) is 0 Å². The van der Waals surface area contributed by atoms with Crippen LogP contribution < -0.4 is 10.6 Å². The minimum absolute atomic E-state index is 0.327. The summed E-state index contributed by atoms with van der Waals surface area (Å²) in [5.74, 6) is -1.57. The zero-order valence-electron chi connectivity index (χ0n) is 8.40. The van der Waals surface area contributed by atoms with Gasteiger partial charge in [0, 0.05) is 0 Å². The topological polar surface area (TPSA) is 98.7 Å². The highest BCUT2D eigenvalue weighted by Gasteiger charge is 2.25. The van der Waals surface area contributed by atoms with Gasteiger partial charge in [0.15, 0.2) is 0 Å². The lowest BCUT2D eigenvalue weighted by atomic mass is 10.0. The van der Waals surface area contributed by atoms with Gasteiger partial charge in [-0.05, 0) is 19.4 Å². The van der Waals surface area contributed by atoms with Crippen LogP contribution in [0.15, 0.2) is 0 Å². The molecule has 6 heteroatoms. The second-order valence-corrected chi connectivity index (χ2v) is 3.58. The Hall–Kier alpha value is -1.14. The maximum atomic E-state index is 11.5. The van der Waals surface area contributed by atoms with E-state index in [1.54, 1.807) is 0 Å². The minimum atomic E-state index is -1.22. The standard InChI is InChI=1S/C9H16N2O4/c12-5-7(9(14)15)11-8(13)6-3-1-2-4-10-6/h6-7,10,12H,1-5H2,(H,11,13)(H,14,15)/t6-,7?/m1/s1. The van der Waals surface area contributed by atoms with Crippen LogP contribution in [-0.2, 0) is 9.59 Å². The van der Waals surface area contributed by atoms with Crippen LogP contribution in [0.4, 0.5) is 0 Å². The van der Waals surface area contributed by atoms with E-state index in [2.05, 4.69) is 10.6 Å². The molecule has 1 amide bonds. The first-order valence-electron chi connectivity index (χ1n) is 5.02. The van der Waals surface area contributed by atoms with Gasteiger partial charge in [0.2, 0.25) is 5.91 Å². The van der Waals surface area contributed by atoms with E-state index in [0.717, 1.165) is 19.4 Å². The Labute approximate surface area is 87.7 Å². The summed E-state index contributed by atoms with van der Waals surface area (Å²) >= 11 is 0. The third-order valence-electron chi connectivity index (χ3n) is 2.42. The molecule has 1 aliphatic heterocycles. The largest absolute Gasteiger partial charge is 0.480 e. The predicted octanol–water partition coefficient (Wildman–Crippen LogP) is -1.31. The van der Waals surface area contributed by atoms with E-state index in [1.807, 2.05) is 0 Å². The molecule has 0 aromatic carbocycles. The molecule has 0 bridgehead atoms. The Morgan fingerprint density at radius 3 is 2.67 bits per heavy atom. The zero-order valence-corrected chi connectivity index (χ0v) is 8.40. The summed E-state index contributed by atoms with van der Waals surface area (Å²) in [5.41, 5.74) is 0. The van der Waals surface area contributed by atoms with Gasteiger partial charge in [0.05, 0.1) is 12.6 Å². The number of carboxylic acid groups (broad SMARTS) is 1. The first-order chi connectivity index (χ1) is 7.15. The first-order valence-corrected chi connectivity index (χ1v) is 5.02. The van der Waals surface area contributed by atoms with Crippen molar-refractivity contribution in [2.24, 2.45) is 0 Å². The summed E-state index contributed by atoms with van der Waals surface area (Å²) in [6.45, 7) is 0.183. The van der Waals surface area contributed by atoms with Crippen molar-refractivity contribution in [3.8, 4) is 0 Å². The molecule has 1 saturated heterocycles. The van der Waals surface area contributed by atoms with Gasteiger partial charge in [-0.3, -0.25) is 4.79 Å². The maximum absolute atomic E-state index is 11.5. The molecular weight excluding hydrogens is 200 g/mol. The molecule has 1 aliphatic rings. The Morgan fingerprint density at radius 1 is 1.47 bits per heavy atom. The summed E-state index contributed by atoms with van der Waals surface area (Å²) in [6.07, 6.45) is 2.71. The number of aliphatic hydroxyl groups is 1. The van der Waals surface area contributed by atoms with Gasteiger partial charge in [-0.2, -0.15) is 0 Å². The van der Waals surface area contributed by atoms with Gasteiger partial charge < -0.3 is 20.8 Å². The van der Waals surface area contributed by atoms with Crippen LogP contribution in [0.3, 0.4) is 0 Å². The number of carbonyl (C=O) groups excluding carboxylic acids is 1. The third kappa shape index (κ3) is 3.49. The number of nitrogens with one attached hydrogen (secondary N) is 2. The Bertz CT molecular complexity index is 238. The average Bonchev–Trinajstić information content (AvgIpc) is 2.26. The lowest BCUT2D eigenvalue weighted by molar-refractivity contribution is -0.143. The molecule has 86 valence electrons. The predicted molar refractivity (Wildman–Crippen MR) is 52.3 cm³/mol. The van der Waals surface area contributed by atoms with Crippen LogP contribution >= 0.6 is 0 Å². The Kier molecular flexibility index (Phi) is 4.51. The van der Waals surface area contributed by atoms with Crippen LogP contribution in [0.2, 0.25) is 0 Å². The van der Waals surface area contributed by atoms with Crippen LogP contribution in [0.1, 0.15) is 19.3 Å². The molecule has 4 N–H and O–H groups in total. The number of rotatable bonds is 4. The van der Waals surface area contributed by atoms with Crippen molar-refractivity contribution in [1.29, 1.82) is 0 Å².